The summed E-state index contributed by atoms with van der Waals surface area (Å²) in [6.07, 6.45) is 2.00. The second kappa shape index (κ2) is 20.3. The lowest BCUT2D eigenvalue weighted by Crippen LogP contribution is -2.62. The van der Waals surface area contributed by atoms with Crippen LogP contribution < -0.4 is 27.0 Å². The second-order valence-corrected chi connectivity index (χ2v) is 16.4. The molecule has 7 atom stereocenters. The molecule has 3 aromatic carbocycles. The molecule has 1 aliphatic rings. The number of benzene rings is 3. The largest absolute Gasteiger partial charge is 0.480 e. The fourth-order valence-corrected chi connectivity index (χ4v) is 7.45. The molecule has 1 fully saturated rings. The summed E-state index contributed by atoms with van der Waals surface area (Å²) in [5.41, 5.74) is 8.74. The first-order valence-corrected chi connectivity index (χ1v) is 20.3. The number of likely N-dealkylation sites (tertiary alicyclic amines) is 1. The minimum atomic E-state index is -1.35. The number of carboxylic acids is 1. The van der Waals surface area contributed by atoms with Gasteiger partial charge in [0.1, 0.15) is 30.2 Å². The zero-order valence-electron chi connectivity index (χ0n) is 34.8. The smallest absolute Gasteiger partial charge is 0.326 e. The van der Waals surface area contributed by atoms with Gasteiger partial charge in [0, 0.05) is 36.5 Å². The van der Waals surface area contributed by atoms with Gasteiger partial charge >= 0.3 is 5.97 Å². The second-order valence-electron chi connectivity index (χ2n) is 16.4. The summed E-state index contributed by atoms with van der Waals surface area (Å²) < 4.78 is 6.13. The number of carbonyl (C=O) groups is 6. The highest BCUT2D eigenvalue weighted by Gasteiger charge is 2.40. The van der Waals surface area contributed by atoms with Gasteiger partial charge in [0.15, 0.2) is 0 Å². The van der Waals surface area contributed by atoms with Crippen LogP contribution in [0.4, 0.5) is 0 Å². The third-order valence-electron chi connectivity index (χ3n) is 10.4. The van der Waals surface area contributed by atoms with Crippen molar-refractivity contribution >= 4 is 46.4 Å². The maximum Gasteiger partial charge on any atom is 0.326 e. The number of carbonyl (C=O) groups excluding carboxylic acids is 5. The number of para-hydroxylation sites is 1. The van der Waals surface area contributed by atoms with Crippen LogP contribution in [0, 0.1) is 0 Å². The summed E-state index contributed by atoms with van der Waals surface area (Å²) in [7, 11) is 0. The molecule has 0 radical (unpaired) electrons. The lowest BCUT2D eigenvalue weighted by Gasteiger charge is -2.33. The Bertz CT molecular complexity index is 2120. The molecule has 1 aliphatic heterocycles. The number of amides is 5. The van der Waals surface area contributed by atoms with E-state index >= 15 is 0 Å². The van der Waals surface area contributed by atoms with Gasteiger partial charge in [-0.2, -0.15) is 0 Å². The number of aliphatic carboxylic acids is 1. The van der Waals surface area contributed by atoms with E-state index < -0.39 is 83.5 Å². The van der Waals surface area contributed by atoms with E-state index in [2.05, 4.69) is 26.3 Å². The number of nitrogens with two attached hydrogens (primary N) is 1. The molecule has 4 aromatic rings. The van der Waals surface area contributed by atoms with Crippen LogP contribution in [0.15, 0.2) is 91.1 Å². The highest BCUT2D eigenvalue weighted by Crippen LogP contribution is 2.22. The molecule has 15 heteroatoms. The van der Waals surface area contributed by atoms with E-state index in [0.29, 0.717) is 12.8 Å². The SMILES string of the molecule is C[C@H](NC(=O)[C@@H](Cc1c[nH]c2ccccc12)NC(=O)[C@@H](N)Cc1ccccc1)C(=O)N[C@H](C(=O)N[C@@H](Cc1ccccc1)C(=O)N1CCC[C@H]1C(=O)O)[C@@H](C)OC(C)(C)C. The maximum absolute atomic E-state index is 14.3. The highest BCUT2D eigenvalue weighted by atomic mass is 16.5. The van der Waals surface area contributed by atoms with Crippen LogP contribution in [0.3, 0.4) is 0 Å². The first-order valence-electron chi connectivity index (χ1n) is 20.3. The summed E-state index contributed by atoms with van der Waals surface area (Å²) in [6.45, 7) is 8.65. The van der Waals surface area contributed by atoms with Crippen molar-refractivity contribution in [2.24, 2.45) is 5.73 Å². The van der Waals surface area contributed by atoms with Crippen LogP contribution in [0.1, 0.15) is 64.2 Å². The molecule has 5 rings (SSSR count). The molecule has 0 spiro atoms. The molecule has 0 unspecified atom stereocenters. The molecule has 60 heavy (non-hydrogen) atoms. The molecule has 320 valence electrons. The van der Waals surface area contributed by atoms with Gasteiger partial charge in [-0.3, -0.25) is 24.0 Å². The van der Waals surface area contributed by atoms with Crippen molar-refractivity contribution in [3.63, 3.8) is 0 Å². The highest BCUT2D eigenvalue weighted by molar-refractivity contribution is 5.97. The van der Waals surface area contributed by atoms with Crippen LogP contribution in [-0.2, 0) is 52.8 Å². The minimum absolute atomic E-state index is 0.0639. The molecular weight excluding hydrogens is 767 g/mol. The zero-order chi connectivity index (χ0) is 43.6. The Kier molecular flexibility index (Phi) is 15.2. The van der Waals surface area contributed by atoms with Gasteiger partial charge in [-0.1, -0.05) is 78.9 Å². The standard InChI is InChI=1S/C45H57N7O8/c1-27(48-41(55)35(25-31-26-47-34-20-13-12-19-32(31)34)49-40(54)33(46)23-29-15-8-6-9-16-29)39(53)51-38(28(2)60-45(3,4)5)42(56)50-36(24-30-17-10-7-11-18-30)43(57)52-22-14-21-37(52)44(58)59/h6-13,15-20,26-28,33,35-38,47H,14,21-25,46H2,1-5H3,(H,48,55)(H,49,54)(H,50,56)(H,51,53)(H,58,59)/t27-,28+,33-,35+,36-,37-,38-/m0/s1. The monoisotopic (exact) mass is 823 g/mol. The Hall–Kier alpha value is -6.06. The van der Waals surface area contributed by atoms with E-state index in [1.165, 1.54) is 11.8 Å². The van der Waals surface area contributed by atoms with Crippen molar-refractivity contribution in [3.05, 3.63) is 108 Å². The molecule has 1 saturated heterocycles. The van der Waals surface area contributed by atoms with Gasteiger partial charge in [-0.25, -0.2) is 4.79 Å². The molecule has 1 aromatic heterocycles. The number of fused-ring (bicyclic) bond motifs is 1. The van der Waals surface area contributed by atoms with E-state index in [-0.39, 0.29) is 25.8 Å². The summed E-state index contributed by atoms with van der Waals surface area (Å²) in [6, 6.07) is 18.9. The van der Waals surface area contributed by atoms with Gasteiger partial charge in [0.2, 0.25) is 29.5 Å². The Morgan fingerprint density at radius 2 is 1.37 bits per heavy atom. The number of nitrogens with zero attached hydrogens (tertiary/aromatic N) is 1. The number of carboxylic acid groups (broad SMARTS) is 1. The van der Waals surface area contributed by atoms with Crippen molar-refractivity contribution in [2.45, 2.75) is 115 Å². The Balaban J connectivity index is 1.34. The van der Waals surface area contributed by atoms with Gasteiger partial charge in [0.05, 0.1) is 17.7 Å². The molecule has 0 saturated carbocycles. The van der Waals surface area contributed by atoms with Gasteiger partial charge in [-0.15, -0.1) is 0 Å². The van der Waals surface area contributed by atoms with E-state index in [9.17, 15) is 33.9 Å². The number of H-pyrrole nitrogens is 1. The number of hydrogen-bond acceptors (Lipinski definition) is 8. The van der Waals surface area contributed by atoms with Crippen LogP contribution in [0.2, 0.25) is 0 Å². The first-order chi connectivity index (χ1) is 28.5. The number of aromatic nitrogens is 1. The number of ether oxygens (including phenoxy) is 1. The Labute approximate surface area is 350 Å². The summed E-state index contributed by atoms with van der Waals surface area (Å²) in [5, 5.41) is 21.7. The number of aromatic amines is 1. The van der Waals surface area contributed by atoms with Crippen molar-refractivity contribution in [1.82, 2.24) is 31.2 Å². The quantitative estimate of drug-likeness (QED) is 0.0783. The fourth-order valence-electron chi connectivity index (χ4n) is 7.45. The molecular formula is C45H57N7O8. The summed E-state index contributed by atoms with van der Waals surface area (Å²) >= 11 is 0. The molecule has 0 aliphatic carbocycles. The topological polar surface area (TPSA) is 225 Å². The van der Waals surface area contributed by atoms with Crippen molar-refractivity contribution < 1.29 is 38.6 Å². The molecule has 0 bridgehead atoms. The van der Waals surface area contributed by atoms with Crippen molar-refractivity contribution in [2.75, 3.05) is 6.54 Å². The third kappa shape index (κ3) is 12.2. The Morgan fingerprint density at radius 1 is 0.767 bits per heavy atom. The lowest BCUT2D eigenvalue weighted by atomic mass is 10.0. The molecule has 5 amide bonds. The van der Waals surface area contributed by atoms with Crippen molar-refractivity contribution in [1.29, 1.82) is 0 Å². The minimum Gasteiger partial charge on any atom is -0.480 e. The van der Waals surface area contributed by atoms with E-state index in [4.69, 9.17) is 10.5 Å². The van der Waals surface area contributed by atoms with Gasteiger partial charge in [0.25, 0.3) is 0 Å². The maximum atomic E-state index is 14.3. The first kappa shape index (κ1) is 45.0. The zero-order valence-corrected chi connectivity index (χ0v) is 34.8. The predicted molar refractivity (Wildman–Crippen MR) is 226 cm³/mol. The lowest BCUT2D eigenvalue weighted by molar-refractivity contribution is -0.150. The van der Waals surface area contributed by atoms with Crippen LogP contribution in [0.5, 0.6) is 0 Å². The van der Waals surface area contributed by atoms with Crippen molar-refractivity contribution in [3.8, 4) is 0 Å². The number of hydrogen-bond donors (Lipinski definition) is 7. The summed E-state index contributed by atoms with van der Waals surface area (Å²) in [5.74, 6) is -4.37. The summed E-state index contributed by atoms with van der Waals surface area (Å²) in [4.78, 5) is 86.1. The van der Waals surface area contributed by atoms with Gasteiger partial charge < -0.3 is 46.7 Å². The van der Waals surface area contributed by atoms with Crippen LogP contribution in [0.25, 0.3) is 10.9 Å². The van der Waals surface area contributed by atoms with E-state index in [1.807, 2.05) is 60.7 Å². The number of nitrogens with one attached hydrogen (secondary N) is 5. The average molecular weight is 824 g/mol. The van der Waals surface area contributed by atoms with Gasteiger partial charge in [-0.05, 0) is 76.6 Å². The third-order valence-corrected chi connectivity index (χ3v) is 10.4. The molecule has 8 N–H and O–H groups in total. The van der Waals surface area contributed by atoms with Crippen LogP contribution >= 0.6 is 0 Å². The predicted octanol–water partition coefficient (Wildman–Crippen LogP) is 2.76. The normalized spacial score (nSPS) is 17.1. The Morgan fingerprint density at radius 3 is 2.00 bits per heavy atom. The van der Waals surface area contributed by atoms with E-state index in [1.54, 1.807) is 58.2 Å². The molecule has 2 heterocycles. The van der Waals surface area contributed by atoms with E-state index in [0.717, 1.165) is 27.6 Å². The molecule has 15 nitrogen and oxygen atoms in total. The van der Waals surface area contributed by atoms with Crippen LogP contribution in [-0.4, -0.2) is 105 Å². The average Bonchev–Trinajstić information content (AvgIpc) is 3.87. The fraction of sp³-hybridized carbons (Fsp3) is 0.422. The number of rotatable bonds is 18.